The predicted octanol–water partition coefficient (Wildman–Crippen LogP) is 3.77. The Bertz CT molecular complexity index is 708. The van der Waals surface area contributed by atoms with Gasteiger partial charge in [-0.2, -0.15) is 0 Å². The molecular weight excluding hydrogens is 328 g/mol. The Kier molecular flexibility index (Phi) is 6.17. The molecule has 0 fully saturated rings. The van der Waals surface area contributed by atoms with Gasteiger partial charge in [0.1, 0.15) is 11.6 Å². The molecular formula is C18H21ClN2O3. The number of aromatic nitrogens is 1. The lowest BCUT2D eigenvalue weighted by atomic mass is 9.99. The molecule has 1 heterocycles. The van der Waals surface area contributed by atoms with Crippen LogP contribution in [0, 0.1) is 0 Å². The zero-order valence-corrected chi connectivity index (χ0v) is 14.5. The van der Waals surface area contributed by atoms with Gasteiger partial charge in [0, 0.05) is 18.3 Å². The quantitative estimate of drug-likeness (QED) is 0.759. The summed E-state index contributed by atoms with van der Waals surface area (Å²) >= 11 is 6.05. The molecule has 1 aromatic heterocycles. The summed E-state index contributed by atoms with van der Waals surface area (Å²) < 4.78 is 5.74. The maximum atomic E-state index is 11.0. The highest BCUT2D eigenvalue weighted by atomic mass is 35.5. The van der Waals surface area contributed by atoms with E-state index in [1.54, 1.807) is 36.5 Å². The van der Waals surface area contributed by atoms with Crippen LogP contribution in [-0.4, -0.2) is 28.2 Å². The summed E-state index contributed by atoms with van der Waals surface area (Å²) in [6.45, 7) is 5.05. The van der Waals surface area contributed by atoms with Gasteiger partial charge >= 0.3 is 5.97 Å². The summed E-state index contributed by atoms with van der Waals surface area (Å²) in [4.78, 5) is 15.2. The number of carboxylic acid groups (broad SMARTS) is 1. The average Bonchev–Trinajstić information content (AvgIpc) is 2.59. The van der Waals surface area contributed by atoms with E-state index in [1.807, 2.05) is 13.0 Å². The molecule has 0 saturated carbocycles. The van der Waals surface area contributed by atoms with E-state index >= 15 is 0 Å². The Morgan fingerprint density at radius 3 is 2.83 bits per heavy atom. The first-order chi connectivity index (χ1) is 11.4. The molecule has 0 amide bonds. The van der Waals surface area contributed by atoms with Crippen LogP contribution in [0.4, 0.5) is 0 Å². The van der Waals surface area contributed by atoms with Gasteiger partial charge in [-0.05, 0) is 43.2 Å². The molecule has 0 aliphatic heterocycles. The van der Waals surface area contributed by atoms with E-state index in [4.69, 9.17) is 21.4 Å². The van der Waals surface area contributed by atoms with E-state index in [9.17, 15) is 4.79 Å². The third-order valence-corrected chi connectivity index (χ3v) is 4.21. The van der Waals surface area contributed by atoms with Crippen LogP contribution < -0.4 is 10.1 Å². The number of nitrogens with zero attached hydrogens (tertiary/aromatic N) is 1. The summed E-state index contributed by atoms with van der Waals surface area (Å²) in [5, 5.41) is 13.0. The van der Waals surface area contributed by atoms with Crippen molar-refractivity contribution < 1.29 is 14.6 Å². The smallest absolute Gasteiger partial charge is 0.335 e. The number of halogens is 1. The van der Waals surface area contributed by atoms with Crippen LogP contribution in [0.2, 0.25) is 5.02 Å². The largest absolute Gasteiger partial charge is 0.478 e. The van der Waals surface area contributed by atoms with E-state index in [2.05, 4.69) is 17.2 Å². The summed E-state index contributed by atoms with van der Waals surface area (Å²) in [5.41, 5.74) is 0.898. The zero-order chi connectivity index (χ0) is 17.6. The van der Waals surface area contributed by atoms with Gasteiger partial charge in [0.2, 0.25) is 5.88 Å². The third-order valence-electron chi connectivity index (χ3n) is 3.93. The molecule has 0 saturated heterocycles. The van der Waals surface area contributed by atoms with Crippen molar-refractivity contribution in [1.82, 2.24) is 10.3 Å². The minimum Gasteiger partial charge on any atom is -0.478 e. The lowest BCUT2D eigenvalue weighted by Crippen LogP contribution is -2.46. The number of carbonyl (C=O) groups is 1. The fourth-order valence-corrected chi connectivity index (χ4v) is 2.29. The highest BCUT2D eigenvalue weighted by molar-refractivity contribution is 6.31. The normalized spacial score (nSPS) is 13.3. The minimum absolute atomic E-state index is 0.281. The van der Waals surface area contributed by atoms with Crippen LogP contribution in [0.5, 0.6) is 5.88 Å². The van der Waals surface area contributed by atoms with Crippen LogP contribution in [0.15, 0.2) is 42.6 Å². The molecule has 2 N–H and O–H groups in total. The van der Waals surface area contributed by atoms with Crippen LogP contribution in [-0.2, 0) is 6.54 Å². The van der Waals surface area contributed by atoms with E-state index < -0.39 is 5.97 Å². The van der Waals surface area contributed by atoms with Crippen LogP contribution >= 0.6 is 11.6 Å². The van der Waals surface area contributed by atoms with Gasteiger partial charge in [0.25, 0.3) is 0 Å². The van der Waals surface area contributed by atoms with Gasteiger partial charge in [-0.15, -0.1) is 0 Å². The standard InChI is InChI=1S/C18H21ClN2O3/c1-3-18(2,12-24-16-15(19)8-5-9-20-16)21-11-13-6-4-7-14(10-13)17(22)23/h4-10,21H,3,11-12H2,1-2H3,(H,22,23). The molecule has 2 aromatic rings. The van der Waals surface area contributed by atoms with Crippen molar-refractivity contribution in [3.63, 3.8) is 0 Å². The van der Waals surface area contributed by atoms with Crippen molar-refractivity contribution in [2.75, 3.05) is 6.61 Å². The molecule has 2 rings (SSSR count). The van der Waals surface area contributed by atoms with Crippen molar-refractivity contribution in [2.24, 2.45) is 0 Å². The van der Waals surface area contributed by atoms with Crippen molar-refractivity contribution >= 4 is 17.6 Å². The highest BCUT2D eigenvalue weighted by Gasteiger charge is 2.23. The summed E-state index contributed by atoms with van der Waals surface area (Å²) in [6.07, 6.45) is 2.46. The van der Waals surface area contributed by atoms with Gasteiger partial charge in [-0.1, -0.05) is 30.7 Å². The fraction of sp³-hybridized carbons (Fsp3) is 0.333. The molecule has 0 aliphatic carbocycles. The number of rotatable bonds is 8. The third kappa shape index (κ3) is 4.94. The first-order valence-electron chi connectivity index (χ1n) is 7.74. The number of hydrogen-bond donors (Lipinski definition) is 2. The Morgan fingerprint density at radius 1 is 1.38 bits per heavy atom. The summed E-state index contributed by atoms with van der Waals surface area (Å²) in [5.74, 6) is -0.517. The molecule has 128 valence electrons. The second kappa shape index (κ2) is 8.13. The topological polar surface area (TPSA) is 71.5 Å². The molecule has 0 aliphatic rings. The van der Waals surface area contributed by atoms with Crippen LogP contribution in [0.3, 0.4) is 0 Å². The van der Waals surface area contributed by atoms with E-state index in [0.29, 0.717) is 24.1 Å². The van der Waals surface area contributed by atoms with Crippen molar-refractivity contribution in [1.29, 1.82) is 0 Å². The maximum absolute atomic E-state index is 11.0. The second-order valence-electron chi connectivity index (χ2n) is 5.85. The minimum atomic E-state index is -0.928. The van der Waals surface area contributed by atoms with Gasteiger partial charge in [-0.25, -0.2) is 9.78 Å². The Labute approximate surface area is 146 Å². The zero-order valence-electron chi connectivity index (χ0n) is 13.8. The van der Waals surface area contributed by atoms with Crippen LogP contribution in [0.25, 0.3) is 0 Å². The SMILES string of the molecule is CCC(C)(COc1ncccc1Cl)NCc1cccc(C(=O)O)c1. The Morgan fingerprint density at radius 2 is 2.17 bits per heavy atom. The van der Waals surface area contributed by atoms with E-state index in [0.717, 1.165) is 12.0 Å². The monoisotopic (exact) mass is 348 g/mol. The average molecular weight is 349 g/mol. The maximum Gasteiger partial charge on any atom is 0.335 e. The molecule has 0 spiro atoms. The van der Waals surface area contributed by atoms with Crippen LogP contribution in [0.1, 0.15) is 36.2 Å². The van der Waals surface area contributed by atoms with Crippen molar-refractivity contribution in [2.45, 2.75) is 32.4 Å². The van der Waals surface area contributed by atoms with Crippen molar-refractivity contribution in [3.8, 4) is 5.88 Å². The number of aromatic carboxylic acids is 1. The molecule has 5 nitrogen and oxygen atoms in total. The number of pyridine rings is 1. The number of nitrogens with one attached hydrogen (secondary N) is 1. The molecule has 6 heteroatoms. The highest BCUT2D eigenvalue weighted by Crippen LogP contribution is 2.22. The van der Waals surface area contributed by atoms with Gasteiger partial charge in [0.05, 0.1) is 5.56 Å². The number of ether oxygens (including phenoxy) is 1. The molecule has 0 bridgehead atoms. The molecule has 24 heavy (non-hydrogen) atoms. The second-order valence-corrected chi connectivity index (χ2v) is 6.26. The Balaban J connectivity index is 1.98. The summed E-state index contributed by atoms with van der Waals surface area (Å²) in [7, 11) is 0. The molecule has 0 radical (unpaired) electrons. The lowest BCUT2D eigenvalue weighted by molar-refractivity contribution is 0.0696. The first kappa shape index (κ1) is 18.2. The van der Waals surface area contributed by atoms with Gasteiger partial charge < -0.3 is 15.2 Å². The Hall–Kier alpha value is -2.11. The van der Waals surface area contributed by atoms with Gasteiger partial charge in [-0.3, -0.25) is 0 Å². The number of benzene rings is 1. The lowest BCUT2D eigenvalue weighted by Gasteiger charge is -2.29. The van der Waals surface area contributed by atoms with E-state index in [-0.39, 0.29) is 11.1 Å². The van der Waals surface area contributed by atoms with E-state index in [1.165, 1.54) is 0 Å². The first-order valence-corrected chi connectivity index (χ1v) is 8.12. The predicted molar refractivity (Wildman–Crippen MR) is 93.7 cm³/mol. The number of hydrogen-bond acceptors (Lipinski definition) is 4. The molecule has 1 unspecified atom stereocenters. The molecule has 1 aromatic carbocycles. The number of carboxylic acids is 1. The van der Waals surface area contributed by atoms with Crippen molar-refractivity contribution in [3.05, 3.63) is 58.7 Å². The molecule has 1 atom stereocenters. The fourth-order valence-electron chi connectivity index (χ4n) is 2.11. The summed E-state index contributed by atoms with van der Waals surface area (Å²) in [6, 6.07) is 10.4. The van der Waals surface area contributed by atoms with Gasteiger partial charge in [0.15, 0.2) is 0 Å².